The molecule has 0 N–H and O–H groups in total. The summed E-state index contributed by atoms with van der Waals surface area (Å²) in [5, 5.41) is 12.0. The van der Waals surface area contributed by atoms with Gasteiger partial charge in [-0.3, -0.25) is 0 Å². The van der Waals surface area contributed by atoms with Crippen LogP contribution in [0, 0.1) is 11.3 Å². The second-order valence-corrected chi connectivity index (χ2v) is 2.28. The lowest BCUT2D eigenvalue weighted by Gasteiger charge is -2.04. The molecule has 0 radical (unpaired) electrons. The summed E-state index contributed by atoms with van der Waals surface area (Å²) in [6.07, 6.45) is -4.35. The summed E-state index contributed by atoms with van der Waals surface area (Å²) in [4.78, 5) is 0. The first-order valence-corrected chi connectivity index (χ1v) is 3.29. The molecule has 0 aliphatic rings. The van der Waals surface area contributed by atoms with Crippen LogP contribution in [-0.2, 0) is 6.18 Å². The second kappa shape index (κ2) is 3.35. The molecule has 0 atom stereocenters. The third-order valence-corrected chi connectivity index (χ3v) is 1.39. The predicted molar refractivity (Wildman–Crippen MR) is 41.2 cm³/mol. The highest BCUT2D eigenvalue weighted by molar-refractivity contribution is 5.34. The monoisotopic (exact) mass is 187 g/mol. The molecule has 68 valence electrons. The van der Waals surface area contributed by atoms with Gasteiger partial charge in [0, 0.05) is 5.01 Å². The fourth-order valence-corrected chi connectivity index (χ4v) is 0.786. The predicted octanol–water partition coefficient (Wildman–Crippen LogP) is 2.88. The van der Waals surface area contributed by atoms with Crippen LogP contribution in [0.3, 0.4) is 0 Å². The van der Waals surface area contributed by atoms with Gasteiger partial charge in [-0.25, -0.2) is 0 Å². The molecule has 0 unspecified atom stereocenters. The van der Waals surface area contributed by atoms with Crippen LogP contribution >= 0.6 is 0 Å². The molecule has 0 saturated heterocycles. The quantitative estimate of drug-likeness (QED) is 0.573. The van der Waals surface area contributed by atoms with Gasteiger partial charge >= 0.3 is 12.2 Å². The number of alkyl halides is 3. The Kier molecular flexibility index (Phi) is 2.42. The first-order valence-electron chi connectivity index (χ1n) is 3.29. The van der Waals surface area contributed by atoms with Crippen molar-refractivity contribution in [3.05, 3.63) is 45.6 Å². The zero-order valence-corrected chi connectivity index (χ0v) is 6.30. The molecule has 2 nitrogen and oxygen atoms in total. The Morgan fingerprint density at radius 2 is 1.69 bits per heavy atom. The minimum absolute atomic E-state index is 0.225. The van der Waals surface area contributed by atoms with E-state index >= 15 is 0 Å². The first kappa shape index (κ1) is 9.39. The summed E-state index contributed by atoms with van der Waals surface area (Å²) >= 11 is 0. The largest absolute Gasteiger partial charge is 0.498 e. The van der Waals surface area contributed by atoms with Gasteiger partial charge in [-0.05, 0) is 24.3 Å². The maximum Gasteiger partial charge on any atom is 0.416 e. The molecule has 0 heterocycles. The van der Waals surface area contributed by atoms with E-state index in [2.05, 4.69) is 5.01 Å². The Morgan fingerprint density at radius 1 is 1.15 bits per heavy atom. The molecular weight excluding hydrogens is 183 g/mol. The highest BCUT2D eigenvalue weighted by Gasteiger charge is 2.29. The van der Waals surface area contributed by atoms with Crippen molar-refractivity contribution in [3.8, 4) is 6.07 Å². The van der Waals surface area contributed by atoms with Crippen molar-refractivity contribution in [2.45, 2.75) is 6.18 Å². The first-order chi connectivity index (χ1) is 6.04. The molecule has 1 rings (SSSR count). The van der Waals surface area contributed by atoms with Crippen molar-refractivity contribution in [3.63, 3.8) is 0 Å². The maximum absolute atomic E-state index is 12.0. The zero-order valence-electron chi connectivity index (χ0n) is 6.30. The molecule has 1 aromatic carbocycles. The van der Waals surface area contributed by atoms with Gasteiger partial charge < -0.3 is 5.21 Å². The smallest absolute Gasteiger partial charge is 0.416 e. The van der Waals surface area contributed by atoms with E-state index in [1.165, 1.54) is 0 Å². The molecule has 0 bridgehead atoms. The molecule has 0 saturated carbocycles. The molecule has 0 aliphatic heterocycles. The van der Waals surface area contributed by atoms with Crippen LogP contribution in [0.15, 0.2) is 24.3 Å². The van der Waals surface area contributed by atoms with E-state index in [0.29, 0.717) is 0 Å². The molecule has 0 fully saturated rings. The van der Waals surface area contributed by atoms with Crippen molar-refractivity contribution in [2.24, 2.45) is 0 Å². The van der Waals surface area contributed by atoms with Gasteiger partial charge in [-0.2, -0.15) is 13.2 Å². The summed E-state index contributed by atoms with van der Waals surface area (Å²) < 4.78 is 36.0. The number of hydrogen-bond acceptors (Lipinski definition) is 1. The topological polar surface area (TPSA) is 27.4 Å². The molecule has 1 aromatic rings. The molecule has 13 heavy (non-hydrogen) atoms. The van der Waals surface area contributed by atoms with E-state index < -0.39 is 11.7 Å². The van der Waals surface area contributed by atoms with Crippen LogP contribution in [-0.4, -0.2) is 0 Å². The van der Waals surface area contributed by atoms with Crippen molar-refractivity contribution in [1.82, 2.24) is 0 Å². The summed E-state index contributed by atoms with van der Waals surface area (Å²) in [6, 6.07) is 5.98. The van der Waals surface area contributed by atoms with E-state index in [4.69, 9.17) is 0 Å². The number of benzene rings is 1. The Balaban J connectivity index is 2.98. The van der Waals surface area contributed by atoms with E-state index in [0.717, 1.165) is 24.3 Å². The normalized spacial score (nSPS) is 10.4. The van der Waals surface area contributed by atoms with E-state index in [-0.39, 0.29) is 5.56 Å². The Morgan fingerprint density at radius 3 is 2.08 bits per heavy atom. The van der Waals surface area contributed by atoms with Gasteiger partial charge in [0.05, 0.1) is 5.56 Å². The highest BCUT2D eigenvalue weighted by atomic mass is 19.4. The highest BCUT2D eigenvalue weighted by Crippen LogP contribution is 2.28. The second-order valence-electron chi connectivity index (χ2n) is 2.28. The lowest BCUT2D eigenvalue weighted by molar-refractivity contribution is -0.137. The standard InChI is InChI=1S/C8H4F3NO/c9-8(10,11)7-3-1-6(2-4-7)5-12-13/h1-4H. The SMILES string of the molecule is [O-][N+]#Cc1ccc(C(F)(F)F)cc1. The van der Waals surface area contributed by atoms with Gasteiger partial charge in [0.15, 0.2) is 0 Å². The van der Waals surface area contributed by atoms with Crippen molar-refractivity contribution in [2.75, 3.05) is 0 Å². The summed E-state index contributed by atoms with van der Waals surface area (Å²) in [5.74, 6) is 0. The van der Waals surface area contributed by atoms with Crippen LogP contribution in [0.1, 0.15) is 11.1 Å². The third-order valence-electron chi connectivity index (χ3n) is 1.39. The average Bonchev–Trinajstić information content (AvgIpc) is 2.04. The van der Waals surface area contributed by atoms with Crippen molar-refractivity contribution in [1.29, 1.82) is 0 Å². The van der Waals surface area contributed by atoms with Crippen LogP contribution < -0.4 is 0 Å². The fraction of sp³-hybridized carbons (Fsp3) is 0.125. The van der Waals surface area contributed by atoms with Gasteiger partial charge in [0.1, 0.15) is 5.56 Å². The molecular formula is C8H4F3NO. The molecule has 0 amide bonds. The van der Waals surface area contributed by atoms with E-state index in [1.54, 1.807) is 0 Å². The third kappa shape index (κ3) is 2.37. The minimum Gasteiger partial charge on any atom is -0.498 e. The van der Waals surface area contributed by atoms with E-state index in [9.17, 15) is 18.4 Å². The number of hydrogen-bond donors (Lipinski definition) is 0. The number of nitrogens with zero attached hydrogens (tertiary/aromatic N) is 1. The lowest BCUT2D eigenvalue weighted by Crippen LogP contribution is -2.03. The minimum atomic E-state index is -4.35. The molecule has 5 heteroatoms. The van der Waals surface area contributed by atoms with E-state index in [1.807, 2.05) is 6.07 Å². The van der Waals surface area contributed by atoms with Crippen molar-refractivity contribution >= 4 is 0 Å². The fourth-order valence-electron chi connectivity index (χ4n) is 0.786. The van der Waals surface area contributed by atoms with Crippen molar-refractivity contribution < 1.29 is 13.2 Å². The van der Waals surface area contributed by atoms with Gasteiger partial charge in [0.2, 0.25) is 0 Å². The summed E-state index contributed by atoms with van der Waals surface area (Å²) in [5.41, 5.74) is -0.535. The van der Waals surface area contributed by atoms with Gasteiger partial charge in [-0.15, -0.1) is 0 Å². The molecule has 0 aliphatic carbocycles. The molecule has 0 aromatic heterocycles. The summed E-state index contributed by atoms with van der Waals surface area (Å²) in [6.45, 7) is 0. The van der Waals surface area contributed by atoms with Crippen LogP contribution in [0.25, 0.3) is 5.01 Å². The maximum atomic E-state index is 12.0. The molecule has 0 spiro atoms. The average molecular weight is 187 g/mol. The lowest BCUT2D eigenvalue weighted by atomic mass is 10.1. The number of halogens is 3. The summed E-state index contributed by atoms with van der Waals surface area (Å²) in [7, 11) is 0. The Hall–Kier alpha value is -1.70. The van der Waals surface area contributed by atoms with Crippen LogP contribution in [0.2, 0.25) is 0 Å². The zero-order chi connectivity index (χ0) is 9.90. The van der Waals surface area contributed by atoms with Gasteiger partial charge in [-0.1, -0.05) is 0 Å². The van der Waals surface area contributed by atoms with Crippen LogP contribution in [0.5, 0.6) is 0 Å². The number of rotatable bonds is 0. The van der Waals surface area contributed by atoms with Gasteiger partial charge in [0.25, 0.3) is 0 Å². The Labute approximate surface area is 72.0 Å². The Bertz CT molecular complexity index is 344. The van der Waals surface area contributed by atoms with Crippen LogP contribution in [0.4, 0.5) is 13.2 Å².